The van der Waals surface area contributed by atoms with Crippen LogP contribution in [0.3, 0.4) is 0 Å². The maximum atomic E-state index is 11.7. The van der Waals surface area contributed by atoms with Gasteiger partial charge < -0.3 is 39.4 Å². The summed E-state index contributed by atoms with van der Waals surface area (Å²) in [6.45, 7) is 53.6. The largest absolute Gasteiger partial charge is 0.507 e. The van der Waals surface area contributed by atoms with Crippen LogP contribution in [-0.4, -0.2) is 97.9 Å². The van der Waals surface area contributed by atoms with Gasteiger partial charge in [-0.05, 0) is 89.8 Å². The first-order chi connectivity index (χ1) is 41.2. The highest BCUT2D eigenvalue weighted by Gasteiger charge is 2.40. The van der Waals surface area contributed by atoms with Crippen molar-refractivity contribution in [2.45, 2.75) is 222 Å². The fraction of sp³-hybridized carbons (Fsp3) is 0.564. The summed E-state index contributed by atoms with van der Waals surface area (Å²) >= 11 is 0. The monoisotopic (exact) mass is 1230 g/mol. The third kappa shape index (κ3) is 17.3. The minimum Gasteiger partial charge on any atom is -0.507 e. The Morgan fingerprint density at radius 3 is 0.678 bits per heavy atom. The standard InChI is InChI=1S/C78H110N4O8/c1-69(2,3)55-29-51(63(83)59(33-55)73(13,14)15)37-79-41-77(42-80-38-52-30-56(70(4,5)6)34-60(64(52)84)74(16,17)18)45-87-67(88-46-77)49-25-27-50(28-26-49)68-89-47-78(48-90-68,43-81-39-53-31-57(71(7,8)9)35-61(65(53)85)75(19,20)21)44-82-40-54-32-58(72(10,11)12)36-62(66(54)86)76(22,23)24/h25-40,67-68,83-86H,41-48H2,1-24H3. The van der Waals surface area contributed by atoms with Crippen molar-refractivity contribution in [3.63, 3.8) is 0 Å². The van der Waals surface area contributed by atoms with Gasteiger partial charge in [0.2, 0.25) is 0 Å². The molecule has 0 saturated carbocycles. The van der Waals surface area contributed by atoms with Crippen molar-refractivity contribution in [2.24, 2.45) is 30.8 Å². The maximum absolute atomic E-state index is 11.7. The molecule has 12 heteroatoms. The predicted octanol–water partition coefficient (Wildman–Crippen LogP) is 17.4. The third-order valence-electron chi connectivity index (χ3n) is 17.5. The van der Waals surface area contributed by atoms with E-state index < -0.39 is 23.4 Å². The van der Waals surface area contributed by atoms with Gasteiger partial charge in [-0.3, -0.25) is 20.0 Å². The summed E-state index contributed by atoms with van der Waals surface area (Å²) in [5.74, 6) is 0.877. The van der Waals surface area contributed by atoms with Gasteiger partial charge in [0, 0.05) is 80.5 Å². The summed E-state index contributed by atoms with van der Waals surface area (Å²) < 4.78 is 26.6. The number of hydrogen-bond donors (Lipinski definition) is 4. The van der Waals surface area contributed by atoms with Crippen molar-refractivity contribution < 1.29 is 39.4 Å². The second kappa shape index (κ2) is 26.1. The molecule has 490 valence electrons. The molecule has 2 saturated heterocycles. The van der Waals surface area contributed by atoms with Crippen molar-refractivity contribution in [1.29, 1.82) is 0 Å². The summed E-state index contributed by atoms with van der Waals surface area (Å²) in [6, 6.07) is 24.5. The number of aliphatic imine (C=N–C) groups is 4. The van der Waals surface area contributed by atoms with Crippen molar-refractivity contribution in [3.8, 4) is 23.0 Å². The molecule has 4 N–H and O–H groups in total. The number of aromatic hydroxyl groups is 4. The second-order valence-corrected chi connectivity index (χ2v) is 34.3. The maximum Gasteiger partial charge on any atom is 0.183 e. The van der Waals surface area contributed by atoms with E-state index in [4.69, 9.17) is 38.9 Å². The molecule has 5 aromatic rings. The van der Waals surface area contributed by atoms with Crippen LogP contribution in [0.1, 0.15) is 257 Å². The lowest BCUT2D eigenvalue weighted by atomic mass is 9.79. The van der Waals surface area contributed by atoms with Gasteiger partial charge >= 0.3 is 0 Å². The minimum atomic E-state index is -0.694. The average Bonchev–Trinajstić information content (AvgIpc) is 0.871. The molecular formula is C78H110N4O8. The summed E-state index contributed by atoms with van der Waals surface area (Å²) in [7, 11) is 0. The van der Waals surface area contributed by atoms with Gasteiger partial charge in [0.05, 0.1) is 63.4 Å². The molecule has 12 nitrogen and oxygen atoms in total. The molecule has 0 aliphatic carbocycles. The Morgan fingerprint density at radius 1 is 0.322 bits per heavy atom. The van der Waals surface area contributed by atoms with Gasteiger partial charge in [0.25, 0.3) is 0 Å². The Balaban J connectivity index is 1.15. The van der Waals surface area contributed by atoms with Crippen molar-refractivity contribution >= 4 is 24.9 Å². The van der Waals surface area contributed by atoms with Crippen LogP contribution in [-0.2, 0) is 62.3 Å². The second-order valence-electron chi connectivity index (χ2n) is 34.3. The van der Waals surface area contributed by atoms with Crippen molar-refractivity contribution in [1.82, 2.24) is 0 Å². The summed E-state index contributed by atoms with van der Waals surface area (Å²) in [4.78, 5) is 20.1. The van der Waals surface area contributed by atoms with Crippen molar-refractivity contribution in [3.05, 3.63) is 151 Å². The number of benzene rings is 5. The van der Waals surface area contributed by atoms with Gasteiger partial charge in [-0.25, -0.2) is 0 Å². The molecule has 2 aliphatic heterocycles. The molecule has 2 aliphatic rings. The molecule has 7 rings (SSSR count). The van der Waals surface area contributed by atoms with E-state index in [1.807, 2.05) is 48.5 Å². The third-order valence-corrected chi connectivity index (χ3v) is 17.5. The first kappa shape index (κ1) is 71.3. The number of nitrogens with zero attached hydrogens (tertiary/aromatic N) is 4. The van der Waals surface area contributed by atoms with Gasteiger partial charge in [0.15, 0.2) is 12.6 Å². The Labute approximate surface area is 540 Å². The Kier molecular flexibility index (Phi) is 20.6. The Bertz CT molecular complexity index is 3040. The summed E-state index contributed by atoms with van der Waals surface area (Å²) in [5.41, 5.74) is 8.95. The molecule has 0 spiro atoms. The average molecular weight is 1230 g/mol. The predicted molar refractivity (Wildman–Crippen MR) is 372 cm³/mol. The Hall–Kier alpha value is -6.18. The summed E-state index contributed by atoms with van der Waals surface area (Å²) in [5, 5.41) is 46.7. The van der Waals surface area contributed by atoms with Crippen molar-refractivity contribution in [2.75, 3.05) is 52.6 Å². The highest BCUT2D eigenvalue weighted by atomic mass is 16.7. The summed E-state index contributed by atoms with van der Waals surface area (Å²) in [6.07, 6.45) is 5.73. The van der Waals surface area contributed by atoms with E-state index in [9.17, 15) is 20.4 Å². The molecule has 90 heavy (non-hydrogen) atoms. The van der Waals surface area contributed by atoms with Crippen LogP contribution >= 0.6 is 0 Å². The van der Waals surface area contributed by atoms with E-state index >= 15 is 0 Å². The van der Waals surface area contributed by atoms with E-state index in [1.54, 1.807) is 24.9 Å². The van der Waals surface area contributed by atoms with E-state index in [0.717, 1.165) is 55.6 Å². The van der Waals surface area contributed by atoms with Crippen LogP contribution in [0.25, 0.3) is 0 Å². The molecule has 0 amide bonds. The molecule has 0 atom stereocenters. The lowest BCUT2D eigenvalue weighted by Crippen LogP contribution is -2.44. The lowest BCUT2D eigenvalue weighted by molar-refractivity contribution is -0.230. The van der Waals surface area contributed by atoms with E-state index in [-0.39, 0.29) is 92.7 Å². The molecule has 2 fully saturated rings. The van der Waals surface area contributed by atoms with Gasteiger partial charge in [0.1, 0.15) is 23.0 Å². The van der Waals surface area contributed by atoms with E-state index in [1.165, 1.54) is 0 Å². The molecular weight excluding hydrogens is 1120 g/mol. The van der Waals surface area contributed by atoms with Gasteiger partial charge in [-0.1, -0.05) is 215 Å². The minimum absolute atomic E-state index is 0.157. The molecule has 0 unspecified atom stereocenters. The highest BCUT2D eigenvalue weighted by molar-refractivity contribution is 5.87. The number of ether oxygens (including phenoxy) is 4. The fourth-order valence-corrected chi connectivity index (χ4v) is 11.2. The normalized spacial score (nSPS) is 20.6. The highest BCUT2D eigenvalue weighted by Crippen LogP contribution is 2.43. The number of phenolic OH excluding ortho intramolecular Hbond substituents is 4. The van der Waals surface area contributed by atoms with Crippen LogP contribution in [0.4, 0.5) is 0 Å². The molecule has 2 heterocycles. The van der Waals surface area contributed by atoms with E-state index in [0.29, 0.717) is 48.4 Å². The number of rotatable bonds is 14. The molecule has 5 aromatic carbocycles. The first-order valence-electron chi connectivity index (χ1n) is 32.3. The lowest BCUT2D eigenvalue weighted by Gasteiger charge is -2.39. The van der Waals surface area contributed by atoms with Crippen LogP contribution in [0.15, 0.2) is 92.8 Å². The quantitative estimate of drug-likeness (QED) is 0.0797. The molecule has 0 radical (unpaired) electrons. The van der Waals surface area contributed by atoms with Crippen LogP contribution in [0, 0.1) is 10.8 Å². The molecule has 0 bridgehead atoms. The van der Waals surface area contributed by atoms with Crippen LogP contribution < -0.4 is 0 Å². The molecule has 0 aromatic heterocycles. The zero-order chi connectivity index (χ0) is 67.2. The SMILES string of the molecule is CC(C)(C)c1cc(C=NCC2(CN=Cc3cc(C(C)(C)C)cc(C(C)(C)C)c3O)COC(c3ccc(C4OCC(CN=Cc5cc(C(C)(C)C)cc(C(C)(C)C)c5O)(CN=Cc5cc(C(C)(C)C)cc(C(C)(C)C)c5O)CO4)cc3)OC2)c(O)c(C(C)(C)C)c1. The zero-order valence-electron chi connectivity index (χ0n) is 59.3. The first-order valence-corrected chi connectivity index (χ1v) is 32.3. The van der Waals surface area contributed by atoms with Gasteiger partial charge in [-0.15, -0.1) is 0 Å². The zero-order valence-corrected chi connectivity index (χ0v) is 59.3. The van der Waals surface area contributed by atoms with E-state index in [2.05, 4.69) is 190 Å². The van der Waals surface area contributed by atoms with Crippen LogP contribution in [0.2, 0.25) is 0 Å². The fourth-order valence-electron chi connectivity index (χ4n) is 11.2. The van der Waals surface area contributed by atoms with Gasteiger partial charge in [-0.2, -0.15) is 0 Å². The number of phenols is 4. The van der Waals surface area contributed by atoms with Crippen LogP contribution in [0.5, 0.6) is 23.0 Å². The topological polar surface area (TPSA) is 167 Å². The number of hydrogen-bond acceptors (Lipinski definition) is 12. The smallest absolute Gasteiger partial charge is 0.183 e. The Morgan fingerprint density at radius 2 is 0.511 bits per heavy atom.